The molecule has 4 aromatic carbocycles. The molecule has 0 radical (unpaired) electrons. The number of ether oxygens (including phenoxy) is 3. The molecule has 6 aliphatic rings. The number of hydrogen-bond acceptors (Lipinski definition) is 11. The molecule has 19 heteroatoms. The van der Waals surface area contributed by atoms with Gasteiger partial charge in [-0.25, -0.2) is 33.2 Å². The number of halogens is 5. The van der Waals surface area contributed by atoms with Gasteiger partial charge in [0.15, 0.2) is 11.7 Å². The summed E-state index contributed by atoms with van der Waals surface area (Å²) in [4.78, 5) is 42.8. The summed E-state index contributed by atoms with van der Waals surface area (Å²) >= 11 is 0. The number of nitrogens with zero attached hydrogens (tertiary/aromatic N) is 5. The fourth-order valence-electron chi connectivity index (χ4n) is 10.3. The maximum atomic E-state index is 15.1. The average Bonchev–Trinajstić information content (AvgIpc) is 3.30. The van der Waals surface area contributed by atoms with Crippen molar-refractivity contribution >= 4 is 53.4 Å². The topological polar surface area (TPSA) is 149 Å². The van der Waals surface area contributed by atoms with E-state index in [-0.39, 0.29) is 78.3 Å². The van der Waals surface area contributed by atoms with Crippen LogP contribution in [0.2, 0.25) is 0 Å². The van der Waals surface area contributed by atoms with Crippen molar-refractivity contribution in [3.63, 3.8) is 0 Å². The van der Waals surface area contributed by atoms with E-state index in [1.165, 1.54) is 36.4 Å². The molecule has 3 amide bonds. The Bertz CT molecular complexity index is 2750. The standard InChI is InChI=1S/C28H32F2N4O4.C23H24F2N4O2.ClH/c1-15-13-33(27(36)38-28(3,4)5)10-9-17(15)18-11-22-23(12-19(18)25-20(29)7-6-8-21(25)30)37-14-24-31-32-26(35)16(2)34(22)24;1-12-10-26-7-6-14(12)15-8-19-20(9-16(15)22-17(24)4-3-5-18(22)25)31-11-21-27-28-23(30)13(2)29(19)21;/h6-8,11-12,15-17H,9-10,13-14H2,1-5H3,(H,32,35);3-5,8-9,12-14,26H,6-7,10-11H2,1-2H3,(H,28,30);1H/t15-,16+,17+;12-,13+,14+;/m00./s1. The Hall–Kier alpha value is -6.40. The third-order valence-corrected chi connectivity index (χ3v) is 13.8. The normalized spacial score (nSPS) is 23.7. The predicted molar refractivity (Wildman–Crippen MR) is 261 cm³/mol. The third-order valence-electron chi connectivity index (χ3n) is 13.8. The summed E-state index contributed by atoms with van der Waals surface area (Å²) in [5, 5.41) is 11.7. The molecule has 372 valence electrons. The van der Waals surface area contributed by atoms with E-state index in [2.05, 4.69) is 33.3 Å². The van der Waals surface area contributed by atoms with E-state index >= 15 is 8.78 Å². The van der Waals surface area contributed by atoms with Crippen LogP contribution in [0.15, 0.2) is 70.9 Å². The summed E-state index contributed by atoms with van der Waals surface area (Å²) in [6, 6.07) is 13.9. The molecule has 6 heterocycles. The number of piperidine rings is 2. The molecule has 10 rings (SSSR count). The van der Waals surface area contributed by atoms with E-state index < -0.39 is 41.0 Å². The number of hydrogen-bond donors (Lipinski definition) is 3. The molecule has 2 saturated heterocycles. The van der Waals surface area contributed by atoms with Gasteiger partial charge in [-0.05, 0) is 155 Å². The SMILES string of the molecule is C[C@@H]1C(=O)NN=C2COc3cc(-c4c(F)cccc4F)c([C@@H]4CCN(C(=O)OC(C)(C)C)C[C@@H]4C)cc3N21.C[C@@H]1C(=O)NN=C2COc3cc(-c4c(F)cccc4F)c([C@@H]4CCNC[C@@H]4C)cc3N21.Cl. The average molecular weight is 990 g/mol. The number of hydrazone groups is 2. The lowest BCUT2D eigenvalue weighted by atomic mass is 9.78. The Kier molecular flexibility index (Phi) is 14.1. The largest absolute Gasteiger partial charge is 0.483 e. The van der Waals surface area contributed by atoms with Gasteiger partial charge in [0.1, 0.15) is 65.7 Å². The lowest BCUT2D eigenvalue weighted by Crippen LogP contribution is -2.55. The molecule has 0 aliphatic carbocycles. The number of carbonyl (C=O) groups excluding carboxylic acids is 3. The first-order valence-corrected chi connectivity index (χ1v) is 23.4. The van der Waals surface area contributed by atoms with Gasteiger partial charge < -0.3 is 34.2 Å². The molecular weight excluding hydrogens is 932 g/mol. The number of rotatable bonds is 4. The van der Waals surface area contributed by atoms with Crippen molar-refractivity contribution in [1.29, 1.82) is 0 Å². The molecule has 2 fully saturated rings. The van der Waals surface area contributed by atoms with E-state index in [9.17, 15) is 23.2 Å². The number of likely N-dealkylation sites (tertiary alicyclic amines) is 1. The highest BCUT2D eigenvalue weighted by molar-refractivity contribution is 6.10. The molecule has 14 nitrogen and oxygen atoms in total. The molecular formula is C51H57ClF4N8O6. The Morgan fingerprint density at radius 3 is 1.59 bits per heavy atom. The van der Waals surface area contributed by atoms with Crippen molar-refractivity contribution in [3.8, 4) is 33.8 Å². The third kappa shape index (κ3) is 9.46. The Labute approximate surface area is 410 Å². The van der Waals surface area contributed by atoms with Crippen molar-refractivity contribution in [1.82, 2.24) is 21.1 Å². The second-order valence-electron chi connectivity index (χ2n) is 19.6. The van der Waals surface area contributed by atoms with Crippen LogP contribution in [-0.4, -0.2) is 91.6 Å². The summed E-state index contributed by atoms with van der Waals surface area (Å²) in [6.45, 7) is 16.0. The van der Waals surface area contributed by atoms with Crippen LogP contribution >= 0.6 is 12.4 Å². The number of carbonyl (C=O) groups is 3. The summed E-state index contributed by atoms with van der Waals surface area (Å²) in [6.07, 6.45) is 1.04. The maximum absolute atomic E-state index is 15.1. The van der Waals surface area contributed by atoms with Gasteiger partial charge in [0.25, 0.3) is 11.8 Å². The van der Waals surface area contributed by atoms with Crippen LogP contribution in [0.3, 0.4) is 0 Å². The minimum absolute atomic E-state index is 0. The van der Waals surface area contributed by atoms with Crippen molar-refractivity contribution in [2.45, 2.75) is 90.8 Å². The van der Waals surface area contributed by atoms with Gasteiger partial charge in [-0.3, -0.25) is 9.59 Å². The molecule has 0 bridgehead atoms. The van der Waals surface area contributed by atoms with E-state index in [1.54, 1.807) is 30.9 Å². The molecule has 0 spiro atoms. The van der Waals surface area contributed by atoms with E-state index in [0.29, 0.717) is 65.2 Å². The highest BCUT2D eigenvalue weighted by Crippen LogP contribution is 2.48. The zero-order valence-electron chi connectivity index (χ0n) is 40.0. The lowest BCUT2D eigenvalue weighted by Gasteiger charge is -2.41. The van der Waals surface area contributed by atoms with Gasteiger partial charge in [0, 0.05) is 13.1 Å². The first-order valence-electron chi connectivity index (χ1n) is 23.4. The molecule has 3 N–H and O–H groups in total. The second kappa shape index (κ2) is 19.8. The fraction of sp³-hybridized carbons (Fsp3) is 0.431. The van der Waals surface area contributed by atoms with E-state index in [0.717, 1.165) is 30.6 Å². The predicted octanol–water partition coefficient (Wildman–Crippen LogP) is 8.82. The van der Waals surface area contributed by atoms with Crippen molar-refractivity contribution in [2.75, 3.05) is 49.2 Å². The first-order chi connectivity index (χ1) is 32.9. The molecule has 70 heavy (non-hydrogen) atoms. The smallest absolute Gasteiger partial charge is 0.410 e. The highest BCUT2D eigenvalue weighted by Gasteiger charge is 2.41. The van der Waals surface area contributed by atoms with Crippen LogP contribution in [0.25, 0.3) is 22.3 Å². The highest BCUT2D eigenvalue weighted by atomic mass is 35.5. The molecule has 4 aromatic rings. The quantitative estimate of drug-likeness (QED) is 0.171. The molecule has 0 aromatic heterocycles. The first kappa shape index (κ1) is 50.0. The minimum atomic E-state index is -0.672. The zero-order valence-corrected chi connectivity index (χ0v) is 40.8. The van der Waals surface area contributed by atoms with Gasteiger partial charge >= 0.3 is 6.09 Å². The van der Waals surface area contributed by atoms with Gasteiger partial charge in [-0.2, -0.15) is 10.2 Å². The van der Waals surface area contributed by atoms with Gasteiger partial charge in [-0.1, -0.05) is 26.0 Å². The monoisotopic (exact) mass is 988 g/mol. The Morgan fingerprint density at radius 1 is 0.700 bits per heavy atom. The summed E-state index contributed by atoms with van der Waals surface area (Å²) in [7, 11) is 0. The van der Waals surface area contributed by atoms with Crippen LogP contribution in [-0.2, 0) is 14.3 Å². The van der Waals surface area contributed by atoms with Crippen LogP contribution in [0.1, 0.15) is 84.3 Å². The molecule has 6 atom stereocenters. The van der Waals surface area contributed by atoms with Crippen LogP contribution in [0.5, 0.6) is 11.5 Å². The summed E-state index contributed by atoms with van der Waals surface area (Å²) in [5.41, 5.74) is 8.06. The summed E-state index contributed by atoms with van der Waals surface area (Å²) < 4.78 is 77.2. The maximum Gasteiger partial charge on any atom is 0.410 e. The number of fused-ring (bicyclic) bond motifs is 6. The van der Waals surface area contributed by atoms with Gasteiger partial charge in [0.2, 0.25) is 0 Å². The number of anilines is 2. The van der Waals surface area contributed by atoms with Crippen LogP contribution in [0, 0.1) is 35.1 Å². The lowest BCUT2D eigenvalue weighted by molar-refractivity contribution is -0.123. The minimum Gasteiger partial charge on any atom is -0.483 e. The van der Waals surface area contributed by atoms with Gasteiger partial charge in [0.05, 0.1) is 22.5 Å². The number of benzene rings is 4. The second-order valence-corrected chi connectivity index (χ2v) is 19.6. The molecule has 0 unspecified atom stereocenters. The number of amidine groups is 2. The Balaban J connectivity index is 0.000000189. The number of nitrogens with one attached hydrogen (secondary N) is 3. The van der Waals surface area contributed by atoms with Crippen molar-refractivity contribution < 1.29 is 46.2 Å². The van der Waals surface area contributed by atoms with Crippen LogP contribution in [0.4, 0.5) is 33.7 Å². The zero-order chi connectivity index (χ0) is 49.1. The molecule has 6 aliphatic heterocycles. The van der Waals surface area contributed by atoms with Crippen molar-refractivity contribution in [3.05, 3.63) is 95.1 Å². The molecule has 0 saturated carbocycles. The van der Waals surface area contributed by atoms with Crippen molar-refractivity contribution in [2.24, 2.45) is 22.0 Å². The fourth-order valence-corrected chi connectivity index (χ4v) is 10.3. The van der Waals surface area contributed by atoms with E-state index in [4.69, 9.17) is 14.2 Å². The summed E-state index contributed by atoms with van der Waals surface area (Å²) in [5.74, 6) is -0.732. The van der Waals surface area contributed by atoms with Gasteiger partial charge in [-0.15, -0.1) is 12.4 Å². The Morgan fingerprint density at radius 2 is 1.16 bits per heavy atom. The van der Waals surface area contributed by atoms with Crippen LogP contribution < -0.4 is 35.4 Å². The number of amides is 3. The van der Waals surface area contributed by atoms with E-state index in [1.807, 2.05) is 49.6 Å².